The van der Waals surface area contributed by atoms with Crippen LogP contribution in [0.4, 0.5) is 5.69 Å². The van der Waals surface area contributed by atoms with Crippen LogP contribution in [-0.4, -0.2) is 24.6 Å². The van der Waals surface area contributed by atoms with Crippen LogP contribution in [0.25, 0.3) is 0 Å². The Bertz CT molecular complexity index is 434. The van der Waals surface area contributed by atoms with Crippen LogP contribution in [0.15, 0.2) is 24.3 Å². The highest BCUT2D eigenvalue weighted by molar-refractivity contribution is 5.82. The first-order valence-corrected chi connectivity index (χ1v) is 5.50. The highest BCUT2D eigenvalue weighted by Gasteiger charge is 2.18. The lowest BCUT2D eigenvalue weighted by Gasteiger charge is -2.12. The molecule has 0 aliphatic rings. The molecule has 0 radical (unpaired) electrons. The first kappa shape index (κ1) is 13.8. The molecule has 1 rings (SSSR count). The minimum absolute atomic E-state index is 0.298. The predicted octanol–water partition coefficient (Wildman–Crippen LogP) is 0.455. The third kappa shape index (κ3) is 4.32. The molecule has 1 amide bonds. The summed E-state index contributed by atoms with van der Waals surface area (Å²) in [4.78, 5) is 22.3. The molecule has 0 bridgehead atoms. The first-order valence-electron chi connectivity index (χ1n) is 5.50. The zero-order valence-electron chi connectivity index (χ0n) is 10.1. The van der Waals surface area contributed by atoms with E-state index < -0.39 is 18.0 Å². The third-order valence-corrected chi connectivity index (χ3v) is 2.18. The van der Waals surface area contributed by atoms with Crippen molar-refractivity contribution >= 4 is 17.6 Å². The van der Waals surface area contributed by atoms with E-state index >= 15 is 0 Å². The number of benzene rings is 1. The first-order chi connectivity index (χ1) is 8.52. The fourth-order valence-electron chi connectivity index (χ4n) is 1.28. The molecular formula is C12H16N2O4. The van der Waals surface area contributed by atoms with Crippen molar-refractivity contribution in [2.75, 3.05) is 12.3 Å². The van der Waals surface area contributed by atoms with E-state index in [2.05, 4.69) is 0 Å². The van der Waals surface area contributed by atoms with Crippen molar-refractivity contribution < 1.29 is 19.1 Å². The van der Waals surface area contributed by atoms with Crippen molar-refractivity contribution in [3.05, 3.63) is 24.3 Å². The van der Waals surface area contributed by atoms with Crippen molar-refractivity contribution in [1.82, 2.24) is 0 Å². The molecule has 4 N–H and O–H groups in total. The molecule has 0 saturated heterocycles. The van der Waals surface area contributed by atoms with Gasteiger partial charge in [-0.05, 0) is 18.6 Å². The van der Waals surface area contributed by atoms with Gasteiger partial charge in [0.1, 0.15) is 5.75 Å². The Kier molecular flexibility index (Phi) is 4.98. The Hall–Kier alpha value is -2.24. The lowest BCUT2D eigenvalue weighted by molar-refractivity contribution is -0.156. The van der Waals surface area contributed by atoms with E-state index in [0.29, 0.717) is 17.9 Å². The second kappa shape index (κ2) is 6.48. The van der Waals surface area contributed by atoms with E-state index in [1.807, 2.05) is 0 Å². The average molecular weight is 252 g/mol. The summed E-state index contributed by atoms with van der Waals surface area (Å²) in [5.41, 5.74) is 11.1. The van der Waals surface area contributed by atoms with Crippen molar-refractivity contribution in [1.29, 1.82) is 0 Å². The summed E-state index contributed by atoms with van der Waals surface area (Å²) in [6, 6.07) is 6.65. The van der Waals surface area contributed by atoms with Gasteiger partial charge in [0.2, 0.25) is 0 Å². The number of primary amides is 1. The van der Waals surface area contributed by atoms with E-state index in [9.17, 15) is 9.59 Å². The number of esters is 1. The largest absolute Gasteiger partial charge is 0.482 e. The zero-order chi connectivity index (χ0) is 13.5. The summed E-state index contributed by atoms with van der Waals surface area (Å²) in [6.45, 7) is 1.40. The lowest BCUT2D eigenvalue weighted by Crippen LogP contribution is -2.34. The molecule has 1 aromatic rings. The SMILES string of the molecule is CCC(OC(=O)COc1cccc(N)c1)C(N)=O. The van der Waals surface area contributed by atoms with Gasteiger partial charge >= 0.3 is 5.97 Å². The molecule has 0 fully saturated rings. The molecule has 1 atom stereocenters. The molecule has 6 heteroatoms. The fourth-order valence-corrected chi connectivity index (χ4v) is 1.28. The third-order valence-electron chi connectivity index (χ3n) is 2.18. The van der Waals surface area contributed by atoms with E-state index in [-0.39, 0.29) is 6.61 Å². The summed E-state index contributed by atoms with van der Waals surface area (Å²) < 4.78 is 10.0. The monoisotopic (exact) mass is 252 g/mol. The standard InChI is InChI=1S/C12H16N2O4/c1-2-10(12(14)16)18-11(15)7-17-9-5-3-4-8(13)6-9/h3-6,10H,2,7,13H2,1H3,(H2,14,16). The van der Waals surface area contributed by atoms with Crippen LogP contribution in [-0.2, 0) is 14.3 Å². The van der Waals surface area contributed by atoms with Gasteiger partial charge in [-0.3, -0.25) is 4.79 Å². The van der Waals surface area contributed by atoms with Gasteiger partial charge in [-0.15, -0.1) is 0 Å². The number of nitrogens with two attached hydrogens (primary N) is 2. The second-order valence-corrected chi connectivity index (χ2v) is 3.65. The summed E-state index contributed by atoms with van der Waals surface area (Å²) in [5, 5.41) is 0. The molecule has 0 aliphatic carbocycles. The average Bonchev–Trinajstić information content (AvgIpc) is 2.33. The lowest BCUT2D eigenvalue weighted by atomic mass is 10.3. The number of hydrogen-bond acceptors (Lipinski definition) is 5. The molecule has 0 heterocycles. The predicted molar refractivity (Wildman–Crippen MR) is 65.7 cm³/mol. The van der Waals surface area contributed by atoms with Gasteiger partial charge in [-0.2, -0.15) is 0 Å². The summed E-state index contributed by atoms with van der Waals surface area (Å²) >= 11 is 0. The van der Waals surface area contributed by atoms with Gasteiger partial charge in [0.25, 0.3) is 5.91 Å². The summed E-state index contributed by atoms with van der Waals surface area (Å²) in [5.74, 6) is -0.864. The topological polar surface area (TPSA) is 105 Å². The Balaban J connectivity index is 2.44. The number of rotatable bonds is 6. The number of hydrogen-bond donors (Lipinski definition) is 2. The Labute approximate surface area is 105 Å². The van der Waals surface area contributed by atoms with Crippen LogP contribution in [0.2, 0.25) is 0 Å². The Morgan fingerprint density at radius 3 is 2.67 bits per heavy atom. The number of amides is 1. The van der Waals surface area contributed by atoms with Crippen molar-refractivity contribution in [2.24, 2.45) is 5.73 Å². The van der Waals surface area contributed by atoms with Crippen molar-refractivity contribution in [3.63, 3.8) is 0 Å². The van der Waals surface area contributed by atoms with Gasteiger partial charge in [-0.25, -0.2) is 4.79 Å². The minimum Gasteiger partial charge on any atom is -0.482 e. The van der Waals surface area contributed by atoms with Crippen molar-refractivity contribution in [2.45, 2.75) is 19.4 Å². The molecule has 0 aliphatic heterocycles. The van der Waals surface area contributed by atoms with Crippen LogP contribution >= 0.6 is 0 Å². The van der Waals surface area contributed by atoms with E-state index in [1.165, 1.54) is 0 Å². The van der Waals surface area contributed by atoms with Gasteiger partial charge in [0.15, 0.2) is 12.7 Å². The fraction of sp³-hybridized carbons (Fsp3) is 0.333. The van der Waals surface area contributed by atoms with Crippen LogP contribution in [0.5, 0.6) is 5.75 Å². The van der Waals surface area contributed by atoms with Gasteiger partial charge < -0.3 is 20.9 Å². The molecule has 6 nitrogen and oxygen atoms in total. The van der Waals surface area contributed by atoms with Gasteiger partial charge in [-0.1, -0.05) is 13.0 Å². The maximum atomic E-state index is 11.4. The van der Waals surface area contributed by atoms with E-state index in [0.717, 1.165) is 0 Å². The maximum Gasteiger partial charge on any atom is 0.344 e. The molecule has 1 aromatic carbocycles. The van der Waals surface area contributed by atoms with E-state index in [4.69, 9.17) is 20.9 Å². The van der Waals surface area contributed by atoms with Crippen LogP contribution in [0.3, 0.4) is 0 Å². The van der Waals surface area contributed by atoms with Gasteiger partial charge in [0, 0.05) is 11.8 Å². The molecule has 18 heavy (non-hydrogen) atoms. The maximum absolute atomic E-state index is 11.4. The van der Waals surface area contributed by atoms with Crippen LogP contribution < -0.4 is 16.2 Å². The normalized spacial score (nSPS) is 11.6. The zero-order valence-corrected chi connectivity index (χ0v) is 10.1. The summed E-state index contributed by atoms with van der Waals surface area (Å²) in [7, 11) is 0. The smallest absolute Gasteiger partial charge is 0.344 e. The highest BCUT2D eigenvalue weighted by Crippen LogP contribution is 2.14. The molecule has 98 valence electrons. The molecular weight excluding hydrogens is 236 g/mol. The molecule has 0 aromatic heterocycles. The van der Waals surface area contributed by atoms with Crippen LogP contribution in [0, 0.1) is 0 Å². The Morgan fingerprint density at radius 2 is 2.11 bits per heavy atom. The number of ether oxygens (including phenoxy) is 2. The molecule has 1 unspecified atom stereocenters. The van der Waals surface area contributed by atoms with E-state index in [1.54, 1.807) is 31.2 Å². The number of carbonyl (C=O) groups is 2. The minimum atomic E-state index is -0.915. The van der Waals surface area contributed by atoms with Crippen molar-refractivity contribution in [3.8, 4) is 5.75 Å². The van der Waals surface area contributed by atoms with Crippen LogP contribution in [0.1, 0.15) is 13.3 Å². The summed E-state index contributed by atoms with van der Waals surface area (Å²) in [6.07, 6.45) is -0.582. The number of nitrogen functional groups attached to an aromatic ring is 1. The number of carbonyl (C=O) groups excluding carboxylic acids is 2. The molecule has 0 spiro atoms. The second-order valence-electron chi connectivity index (χ2n) is 3.65. The van der Waals surface area contributed by atoms with Gasteiger partial charge in [0.05, 0.1) is 0 Å². The Morgan fingerprint density at radius 1 is 1.39 bits per heavy atom. The highest BCUT2D eigenvalue weighted by atomic mass is 16.6. The molecule has 0 saturated carbocycles. The number of anilines is 1. The quantitative estimate of drug-likeness (QED) is 0.565.